The van der Waals surface area contributed by atoms with Crippen LogP contribution >= 0.6 is 11.6 Å². The number of carboxylic acid groups (broad SMARTS) is 1. The molecule has 0 radical (unpaired) electrons. The number of nitrogens with zero attached hydrogens (tertiary/aromatic N) is 4. The molecule has 11 heteroatoms. The number of amides is 1. The maximum Gasteiger partial charge on any atom is 0.335 e. The summed E-state index contributed by atoms with van der Waals surface area (Å²) in [6.07, 6.45) is 2.93. The number of benzene rings is 3. The van der Waals surface area contributed by atoms with Crippen LogP contribution in [0.15, 0.2) is 42.5 Å². The molecule has 1 fully saturated rings. The number of aromatic nitrogens is 3. The van der Waals surface area contributed by atoms with Crippen LogP contribution in [0.5, 0.6) is 5.75 Å². The van der Waals surface area contributed by atoms with Crippen LogP contribution < -0.4 is 15.0 Å². The first-order valence-electron chi connectivity index (χ1n) is 18.0. The van der Waals surface area contributed by atoms with E-state index in [1.54, 1.807) is 17.0 Å². The predicted octanol–water partition coefficient (Wildman–Crippen LogP) is 8.20. The van der Waals surface area contributed by atoms with Gasteiger partial charge in [-0.15, -0.1) is 0 Å². The molecule has 0 atom stereocenters. The van der Waals surface area contributed by atoms with Gasteiger partial charge < -0.3 is 29.4 Å². The Bertz CT molecular complexity index is 2190. The van der Waals surface area contributed by atoms with Crippen molar-refractivity contribution in [2.45, 2.75) is 72.9 Å². The number of rotatable bonds is 10. The summed E-state index contributed by atoms with van der Waals surface area (Å²) in [5, 5.41) is 19.8. The summed E-state index contributed by atoms with van der Waals surface area (Å²) in [5.74, 6) is -0.382. The second-order valence-electron chi connectivity index (χ2n) is 14.2. The molecular weight excluding hydrogens is 678 g/mol. The van der Waals surface area contributed by atoms with Gasteiger partial charge in [0, 0.05) is 73.0 Å². The quantitative estimate of drug-likeness (QED) is 0.140. The van der Waals surface area contributed by atoms with E-state index in [-0.39, 0.29) is 17.5 Å². The highest BCUT2D eigenvalue weighted by Gasteiger charge is 2.34. The molecule has 0 bridgehead atoms. The third-order valence-corrected chi connectivity index (χ3v) is 11.2. The number of carboxylic acids is 1. The standard InChI is InChI=1S/C41H46ClN5O5/c1-23-18-32(19-24(2)25(23)3)52-15-7-8-33-34-9-10-35(42)37(36-26(4)44-45(6)27(36)5)38(34)47-14-13-46(40(48)39(33)47)31-21-28(41(49)50)20-30(22-31)43-29-11-16-51-17-12-29/h9-10,18-22,29,43H,7-8,11-17H2,1-6H3,(H,49,50). The molecule has 272 valence electrons. The molecule has 4 heterocycles. The van der Waals surface area contributed by atoms with E-state index in [1.807, 2.05) is 43.8 Å². The first kappa shape index (κ1) is 35.6. The third kappa shape index (κ3) is 6.54. The molecule has 2 aromatic heterocycles. The van der Waals surface area contributed by atoms with E-state index in [0.29, 0.717) is 67.8 Å². The van der Waals surface area contributed by atoms with Gasteiger partial charge in [-0.05, 0) is 119 Å². The van der Waals surface area contributed by atoms with Crippen molar-refractivity contribution in [2.24, 2.45) is 7.05 Å². The molecule has 7 rings (SSSR count). The molecule has 2 aliphatic heterocycles. The SMILES string of the molecule is Cc1cc(OCCCc2c3n(c4c(-c5c(C)nn(C)c5C)c(Cl)ccc24)CCN(c2cc(NC4CCOCC4)cc(C(=O)O)c2)C3=O)cc(C)c1C. The Kier molecular flexibility index (Phi) is 9.80. The number of anilines is 2. The zero-order chi connectivity index (χ0) is 36.8. The molecule has 1 saturated heterocycles. The van der Waals surface area contributed by atoms with Gasteiger partial charge in [-0.25, -0.2) is 4.79 Å². The summed E-state index contributed by atoms with van der Waals surface area (Å²) < 4.78 is 15.7. The van der Waals surface area contributed by atoms with Gasteiger partial charge in [-0.1, -0.05) is 17.7 Å². The normalized spacial score (nSPS) is 15.0. The maximum absolute atomic E-state index is 14.9. The second kappa shape index (κ2) is 14.3. The average Bonchev–Trinajstić information content (AvgIpc) is 3.57. The van der Waals surface area contributed by atoms with E-state index < -0.39 is 5.97 Å². The number of hydrogen-bond donors (Lipinski definition) is 2. The van der Waals surface area contributed by atoms with Crippen molar-refractivity contribution < 1.29 is 24.2 Å². The fourth-order valence-corrected chi connectivity index (χ4v) is 8.08. The molecule has 0 unspecified atom stereocenters. The summed E-state index contributed by atoms with van der Waals surface area (Å²) in [5.41, 5.74) is 11.1. The smallest absolute Gasteiger partial charge is 0.335 e. The topological polar surface area (TPSA) is 111 Å². The molecule has 52 heavy (non-hydrogen) atoms. The van der Waals surface area contributed by atoms with Crippen LogP contribution in [0.1, 0.15) is 73.8 Å². The lowest BCUT2D eigenvalue weighted by atomic mass is 9.98. The van der Waals surface area contributed by atoms with Crippen molar-refractivity contribution in [3.05, 3.63) is 92.4 Å². The Morgan fingerprint density at radius 1 is 1.02 bits per heavy atom. The molecule has 1 amide bonds. The van der Waals surface area contributed by atoms with Crippen molar-refractivity contribution in [3.63, 3.8) is 0 Å². The van der Waals surface area contributed by atoms with Gasteiger partial charge in [-0.3, -0.25) is 9.48 Å². The van der Waals surface area contributed by atoms with E-state index in [2.05, 4.69) is 42.8 Å². The number of aromatic carboxylic acids is 1. The lowest BCUT2D eigenvalue weighted by Crippen LogP contribution is -2.41. The van der Waals surface area contributed by atoms with Crippen molar-refractivity contribution in [2.75, 3.05) is 36.6 Å². The van der Waals surface area contributed by atoms with Crippen LogP contribution in [0.2, 0.25) is 5.02 Å². The van der Waals surface area contributed by atoms with Gasteiger partial charge >= 0.3 is 5.97 Å². The number of hydrogen-bond acceptors (Lipinski definition) is 6. The fourth-order valence-electron chi connectivity index (χ4n) is 7.83. The lowest BCUT2D eigenvalue weighted by Gasteiger charge is -2.31. The highest BCUT2D eigenvalue weighted by Crippen LogP contribution is 2.43. The Balaban J connectivity index is 1.30. The van der Waals surface area contributed by atoms with Gasteiger partial charge in [0.15, 0.2) is 0 Å². The Hall–Kier alpha value is -4.80. The number of carbonyl (C=O) groups is 2. The highest BCUT2D eigenvalue weighted by molar-refractivity contribution is 6.35. The van der Waals surface area contributed by atoms with E-state index in [0.717, 1.165) is 57.6 Å². The lowest BCUT2D eigenvalue weighted by molar-refractivity contribution is 0.0696. The minimum Gasteiger partial charge on any atom is -0.494 e. The monoisotopic (exact) mass is 723 g/mol. The molecule has 10 nitrogen and oxygen atoms in total. The number of fused-ring (bicyclic) bond motifs is 3. The molecule has 0 saturated carbocycles. The zero-order valence-electron chi connectivity index (χ0n) is 30.7. The summed E-state index contributed by atoms with van der Waals surface area (Å²) in [4.78, 5) is 28.9. The molecule has 3 aromatic carbocycles. The minimum absolute atomic E-state index is 0.126. The predicted molar refractivity (Wildman–Crippen MR) is 206 cm³/mol. The Morgan fingerprint density at radius 3 is 2.42 bits per heavy atom. The van der Waals surface area contributed by atoms with Gasteiger partial charge in [0.05, 0.1) is 28.4 Å². The van der Waals surface area contributed by atoms with Crippen LogP contribution in [-0.4, -0.2) is 63.7 Å². The van der Waals surface area contributed by atoms with E-state index in [9.17, 15) is 14.7 Å². The van der Waals surface area contributed by atoms with E-state index in [4.69, 9.17) is 26.2 Å². The number of ether oxygens (including phenoxy) is 2. The van der Waals surface area contributed by atoms with Crippen LogP contribution in [0, 0.1) is 34.6 Å². The number of nitrogens with one attached hydrogen (secondary N) is 1. The maximum atomic E-state index is 14.9. The third-order valence-electron chi connectivity index (χ3n) is 10.8. The largest absolute Gasteiger partial charge is 0.494 e. The van der Waals surface area contributed by atoms with E-state index in [1.165, 1.54) is 16.7 Å². The number of halogens is 1. The Morgan fingerprint density at radius 2 is 1.75 bits per heavy atom. The zero-order valence-corrected chi connectivity index (χ0v) is 31.5. The summed E-state index contributed by atoms with van der Waals surface area (Å²) in [6.45, 7) is 13.0. The fraction of sp³-hybridized carbons (Fsp3) is 0.390. The van der Waals surface area contributed by atoms with Crippen molar-refractivity contribution >= 4 is 45.8 Å². The first-order valence-corrected chi connectivity index (χ1v) is 18.4. The summed E-state index contributed by atoms with van der Waals surface area (Å²) >= 11 is 7.04. The average molecular weight is 724 g/mol. The molecule has 0 spiro atoms. The van der Waals surface area contributed by atoms with Gasteiger partial charge in [0.25, 0.3) is 5.91 Å². The number of carbonyl (C=O) groups excluding carboxylic acids is 1. The second-order valence-corrected chi connectivity index (χ2v) is 14.6. The summed E-state index contributed by atoms with van der Waals surface area (Å²) in [7, 11) is 1.92. The van der Waals surface area contributed by atoms with Crippen LogP contribution in [0.3, 0.4) is 0 Å². The van der Waals surface area contributed by atoms with E-state index >= 15 is 0 Å². The summed E-state index contributed by atoms with van der Waals surface area (Å²) in [6, 6.07) is 13.4. The van der Waals surface area contributed by atoms with Crippen LogP contribution in [-0.2, 0) is 24.8 Å². The van der Waals surface area contributed by atoms with Crippen molar-refractivity contribution in [3.8, 4) is 16.9 Å². The molecule has 5 aromatic rings. The molecule has 2 aliphatic rings. The van der Waals surface area contributed by atoms with Crippen LogP contribution in [0.4, 0.5) is 11.4 Å². The molecule has 0 aliphatic carbocycles. The highest BCUT2D eigenvalue weighted by atomic mass is 35.5. The van der Waals surface area contributed by atoms with Gasteiger partial charge in [-0.2, -0.15) is 5.10 Å². The van der Waals surface area contributed by atoms with Crippen molar-refractivity contribution in [1.29, 1.82) is 0 Å². The first-order chi connectivity index (χ1) is 24.9. The van der Waals surface area contributed by atoms with Crippen LogP contribution in [0.25, 0.3) is 22.0 Å². The van der Waals surface area contributed by atoms with Gasteiger partial charge in [0.2, 0.25) is 0 Å². The molecular formula is C41H46ClN5O5. The van der Waals surface area contributed by atoms with Crippen molar-refractivity contribution in [1.82, 2.24) is 14.3 Å². The molecule has 2 N–H and O–H groups in total. The minimum atomic E-state index is -1.04. The number of aryl methyl sites for hydroxylation is 5. The Labute approximate surface area is 309 Å². The van der Waals surface area contributed by atoms with Gasteiger partial charge in [0.1, 0.15) is 11.4 Å².